The summed E-state index contributed by atoms with van der Waals surface area (Å²) in [5, 5.41) is 2.85. The second-order valence-electron chi connectivity index (χ2n) is 5.71. The molecule has 0 atom stereocenters. The van der Waals surface area contributed by atoms with Crippen molar-refractivity contribution in [3.63, 3.8) is 0 Å². The summed E-state index contributed by atoms with van der Waals surface area (Å²) in [7, 11) is 1.58. The Labute approximate surface area is 137 Å². The summed E-state index contributed by atoms with van der Waals surface area (Å²) in [6.07, 6.45) is 1.01. The van der Waals surface area contributed by atoms with Gasteiger partial charge in [0.2, 0.25) is 0 Å². The molecule has 0 saturated heterocycles. The van der Waals surface area contributed by atoms with Gasteiger partial charge in [0.25, 0.3) is 5.91 Å². The number of amides is 1. The van der Waals surface area contributed by atoms with Crippen molar-refractivity contribution in [2.24, 2.45) is 5.92 Å². The monoisotopic (exact) mass is 313 g/mol. The molecular formula is C19H23NO3. The maximum atomic E-state index is 12.3. The molecular weight excluding hydrogens is 290 g/mol. The third kappa shape index (κ3) is 5.02. The summed E-state index contributed by atoms with van der Waals surface area (Å²) < 4.78 is 10.9. The fourth-order valence-corrected chi connectivity index (χ4v) is 2.06. The van der Waals surface area contributed by atoms with E-state index in [9.17, 15) is 4.79 Å². The number of ether oxygens (including phenoxy) is 2. The summed E-state index contributed by atoms with van der Waals surface area (Å²) in [5.74, 6) is 1.85. The molecule has 0 radical (unpaired) electrons. The Bertz CT molecular complexity index is 635. The van der Waals surface area contributed by atoms with E-state index in [1.807, 2.05) is 24.3 Å². The fraction of sp³-hybridized carbons (Fsp3) is 0.316. The van der Waals surface area contributed by atoms with E-state index in [4.69, 9.17) is 9.47 Å². The van der Waals surface area contributed by atoms with Crippen LogP contribution in [-0.4, -0.2) is 19.6 Å². The lowest BCUT2D eigenvalue weighted by molar-refractivity contribution is 0.102. The van der Waals surface area contributed by atoms with E-state index in [0.29, 0.717) is 29.5 Å². The zero-order valence-electron chi connectivity index (χ0n) is 13.8. The number of anilines is 1. The number of carbonyl (C=O) groups is 1. The van der Waals surface area contributed by atoms with Gasteiger partial charge in [0.05, 0.1) is 19.4 Å². The topological polar surface area (TPSA) is 47.6 Å². The lowest BCUT2D eigenvalue weighted by Crippen LogP contribution is -2.12. The van der Waals surface area contributed by atoms with Gasteiger partial charge < -0.3 is 14.8 Å². The highest BCUT2D eigenvalue weighted by molar-refractivity contribution is 6.05. The Morgan fingerprint density at radius 3 is 2.43 bits per heavy atom. The van der Waals surface area contributed by atoms with Gasteiger partial charge in [-0.3, -0.25) is 4.79 Å². The van der Waals surface area contributed by atoms with Gasteiger partial charge in [0, 0.05) is 5.56 Å². The molecule has 2 rings (SSSR count). The number of para-hydroxylation sites is 2. The largest absolute Gasteiger partial charge is 0.495 e. The molecule has 1 N–H and O–H groups in total. The molecule has 0 bridgehead atoms. The van der Waals surface area contributed by atoms with Crippen molar-refractivity contribution in [2.75, 3.05) is 19.0 Å². The summed E-state index contributed by atoms with van der Waals surface area (Å²) in [5.41, 5.74) is 1.23. The van der Waals surface area contributed by atoms with E-state index < -0.39 is 0 Å². The van der Waals surface area contributed by atoms with Crippen LogP contribution in [0, 0.1) is 5.92 Å². The Kier molecular flexibility index (Phi) is 6.03. The second-order valence-corrected chi connectivity index (χ2v) is 5.71. The Balaban J connectivity index is 1.97. The molecule has 0 spiro atoms. The third-order valence-electron chi connectivity index (χ3n) is 3.44. The molecule has 23 heavy (non-hydrogen) atoms. The molecule has 2 aromatic carbocycles. The molecule has 0 aromatic heterocycles. The third-order valence-corrected chi connectivity index (χ3v) is 3.44. The number of nitrogens with one attached hydrogen (secondary N) is 1. The molecule has 2 aromatic rings. The standard InChI is InChI=1S/C19H23NO3/c1-14(2)12-13-23-16-10-8-15(9-11-16)19(21)20-17-6-4-5-7-18(17)22-3/h4-11,14H,12-13H2,1-3H3,(H,20,21). The SMILES string of the molecule is COc1ccccc1NC(=O)c1ccc(OCCC(C)C)cc1. The number of benzene rings is 2. The van der Waals surface area contributed by atoms with Gasteiger partial charge in [-0.05, 0) is 48.7 Å². The average Bonchev–Trinajstić information content (AvgIpc) is 2.55. The van der Waals surface area contributed by atoms with E-state index in [2.05, 4.69) is 19.2 Å². The molecule has 0 aliphatic carbocycles. The van der Waals surface area contributed by atoms with Crippen LogP contribution in [0.25, 0.3) is 0 Å². The van der Waals surface area contributed by atoms with Crippen LogP contribution in [0.5, 0.6) is 11.5 Å². The molecule has 0 saturated carbocycles. The first-order valence-corrected chi connectivity index (χ1v) is 7.77. The smallest absolute Gasteiger partial charge is 0.255 e. The number of rotatable bonds is 7. The molecule has 1 amide bonds. The number of carbonyl (C=O) groups excluding carboxylic acids is 1. The van der Waals surface area contributed by atoms with Crippen molar-refractivity contribution >= 4 is 11.6 Å². The van der Waals surface area contributed by atoms with Crippen LogP contribution in [0.4, 0.5) is 5.69 Å². The maximum absolute atomic E-state index is 12.3. The lowest BCUT2D eigenvalue weighted by Gasteiger charge is -2.11. The molecule has 0 aliphatic rings. The average molecular weight is 313 g/mol. The Morgan fingerprint density at radius 1 is 1.09 bits per heavy atom. The van der Waals surface area contributed by atoms with Gasteiger partial charge in [-0.15, -0.1) is 0 Å². The zero-order chi connectivity index (χ0) is 16.7. The van der Waals surface area contributed by atoms with E-state index in [1.165, 1.54) is 0 Å². The van der Waals surface area contributed by atoms with Gasteiger partial charge in [-0.2, -0.15) is 0 Å². The zero-order valence-corrected chi connectivity index (χ0v) is 13.8. The van der Waals surface area contributed by atoms with Crippen LogP contribution in [0.15, 0.2) is 48.5 Å². The van der Waals surface area contributed by atoms with Crippen molar-refractivity contribution < 1.29 is 14.3 Å². The van der Waals surface area contributed by atoms with Crippen LogP contribution >= 0.6 is 0 Å². The predicted molar refractivity (Wildman–Crippen MR) is 92.3 cm³/mol. The second kappa shape index (κ2) is 8.22. The summed E-state index contributed by atoms with van der Waals surface area (Å²) >= 11 is 0. The van der Waals surface area contributed by atoms with E-state index in [0.717, 1.165) is 12.2 Å². The Hall–Kier alpha value is -2.49. The van der Waals surface area contributed by atoms with Crippen molar-refractivity contribution in [3.05, 3.63) is 54.1 Å². The predicted octanol–water partition coefficient (Wildman–Crippen LogP) is 4.37. The number of hydrogen-bond acceptors (Lipinski definition) is 3. The highest BCUT2D eigenvalue weighted by Crippen LogP contribution is 2.24. The van der Waals surface area contributed by atoms with Crippen LogP contribution in [0.3, 0.4) is 0 Å². The molecule has 0 heterocycles. The summed E-state index contributed by atoms with van der Waals surface area (Å²) in [4.78, 5) is 12.3. The van der Waals surface area contributed by atoms with Crippen LogP contribution < -0.4 is 14.8 Å². The molecule has 0 aliphatic heterocycles. The molecule has 0 unspecified atom stereocenters. The minimum absolute atomic E-state index is 0.178. The fourth-order valence-electron chi connectivity index (χ4n) is 2.06. The Morgan fingerprint density at radius 2 is 1.78 bits per heavy atom. The van der Waals surface area contributed by atoms with Gasteiger partial charge >= 0.3 is 0 Å². The first-order chi connectivity index (χ1) is 11.1. The highest BCUT2D eigenvalue weighted by Gasteiger charge is 2.09. The molecule has 4 nitrogen and oxygen atoms in total. The van der Waals surface area contributed by atoms with Gasteiger partial charge in [-0.25, -0.2) is 0 Å². The molecule has 122 valence electrons. The summed E-state index contributed by atoms with van der Waals surface area (Å²) in [6.45, 7) is 5.01. The van der Waals surface area contributed by atoms with Crippen LogP contribution in [0.1, 0.15) is 30.6 Å². The van der Waals surface area contributed by atoms with Crippen LogP contribution in [0.2, 0.25) is 0 Å². The number of methoxy groups -OCH3 is 1. The van der Waals surface area contributed by atoms with Gasteiger partial charge in [0.15, 0.2) is 0 Å². The van der Waals surface area contributed by atoms with E-state index in [-0.39, 0.29) is 5.91 Å². The number of hydrogen-bond donors (Lipinski definition) is 1. The van der Waals surface area contributed by atoms with Crippen LogP contribution in [-0.2, 0) is 0 Å². The van der Waals surface area contributed by atoms with Gasteiger partial charge in [0.1, 0.15) is 11.5 Å². The van der Waals surface area contributed by atoms with Crippen molar-refractivity contribution in [2.45, 2.75) is 20.3 Å². The first-order valence-electron chi connectivity index (χ1n) is 7.77. The van der Waals surface area contributed by atoms with E-state index >= 15 is 0 Å². The van der Waals surface area contributed by atoms with Crippen molar-refractivity contribution in [1.29, 1.82) is 0 Å². The first kappa shape index (κ1) is 16.9. The summed E-state index contributed by atoms with van der Waals surface area (Å²) in [6, 6.07) is 14.5. The van der Waals surface area contributed by atoms with Crippen molar-refractivity contribution in [3.8, 4) is 11.5 Å². The molecule has 0 fully saturated rings. The minimum atomic E-state index is -0.178. The van der Waals surface area contributed by atoms with Crippen molar-refractivity contribution in [1.82, 2.24) is 0 Å². The van der Waals surface area contributed by atoms with E-state index in [1.54, 1.807) is 31.4 Å². The quantitative estimate of drug-likeness (QED) is 0.825. The maximum Gasteiger partial charge on any atom is 0.255 e. The normalized spacial score (nSPS) is 10.4. The lowest BCUT2D eigenvalue weighted by atomic mass is 10.1. The highest BCUT2D eigenvalue weighted by atomic mass is 16.5. The molecule has 4 heteroatoms. The van der Waals surface area contributed by atoms with Gasteiger partial charge in [-0.1, -0.05) is 26.0 Å². The minimum Gasteiger partial charge on any atom is -0.495 e.